The number of likely N-dealkylation sites (tertiary alicyclic amines) is 1. The van der Waals surface area contributed by atoms with E-state index in [0.717, 1.165) is 131 Å². The van der Waals surface area contributed by atoms with Crippen molar-refractivity contribution in [3.05, 3.63) is 172 Å². The number of nitrogens with zero attached hydrogens (tertiary/aromatic N) is 19. The largest absolute Gasteiger partial charge is 0.433 e. The van der Waals surface area contributed by atoms with Gasteiger partial charge < -0.3 is 55.9 Å². The molecule has 0 amide bonds. The summed E-state index contributed by atoms with van der Waals surface area (Å²) in [5.74, 6) is 2.80. The maximum absolute atomic E-state index is 13.2. The number of rotatable bonds is 16. The summed E-state index contributed by atoms with van der Waals surface area (Å²) in [5.41, 5.74) is 36.5. The Morgan fingerprint density at radius 1 is 0.533 bits per heavy atom. The molecule has 0 saturated carbocycles. The number of sulfonamides is 1. The second kappa shape index (κ2) is 31.5. The minimum Gasteiger partial charge on any atom is -0.433 e. The molecule has 0 bridgehead atoms. The number of anilines is 4. The SMILES string of the molecule is CCN1CCC(n2cc(Oc3nc(-c4cc(C)c5c(c4)CN(C)CC5)cnc3N)cn2)C(C#N)C1.CCS(=O)(=O)N1CCC(n2cc(Oc3nc(-c4cc(C)c5c(c4)CN(C)CC5)cnc3N)cn2)CC1.Cc1cc(-c2cnc(N)c(Oc3cnn(C4CN(c5ccc(F)cc5)C4)c3)n2)cc2c1CCN(C)C2. The van der Waals surface area contributed by atoms with Crippen molar-refractivity contribution in [3.63, 3.8) is 0 Å². The van der Waals surface area contributed by atoms with Gasteiger partial charge in [-0.2, -0.15) is 20.6 Å². The lowest BCUT2D eigenvalue weighted by atomic mass is 9.92. The number of nitrogen functional groups attached to an aromatic ring is 3. The molecule has 4 aromatic carbocycles. The number of hydrogen-bond acceptors (Lipinski definition) is 23. The minimum atomic E-state index is -3.16. The maximum Gasteiger partial charge on any atom is 0.263 e. The lowest BCUT2D eigenvalue weighted by Gasteiger charge is -2.40. The molecule has 16 rings (SSSR count). The van der Waals surface area contributed by atoms with Crippen molar-refractivity contribution in [1.82, 2.24) is 83.2 Å². The average molecular weight is 1470 g/mol. The quantitative estimate of drug-likeness (QED) is 0.0809. The molecule has 0 radical (unpaired) electrons. The summed E-state index contributed by atoms with van der Waals surface area (Å²) in [5, 5.41) is 23.1. The van der Waals surface area contributed by atoms with Crippen LogP contribution in [0.5, 0.6) is 34.9 Å². The van der Waals surface area contributed by atoms with Crippen LogP contribution in [0.2, 0.25) is 0 Å². The third kappa shape index (κ3) is 16.6. The molecule has 6 N–H and O–H groups in total. The van der Waals surface area contributed by atoms with Crippen LogP contribution < -0.4 is 36.3 Å². The standard InChI is InChI=1S/C27H28FN7O.C26H32N8O.C25H33N7O3S/c1-17-9-18(10-19-13-33(2)8-7-24(17)19)25-12-30-26(29)27(32-25)36-23-11-31-35(16-23)22-14-34(15-22)21-5-3-20(28)4-6-21;1-4-33-8-6-24(20(11-27)15-33)34-16-21(12-30-34)35-26-25(28)29-13-23(31-26)18-9-17(2)22-5-7-32(3)14-19(22)10-18;1-4-36(33,34)31-9-5-20(6-10-31)32-16-21(13-28-32)35-25-24(26)27-14-23(29-25)18-11-17(2)22-7-8-30(3)15-19(22)12-18/h3-6,9-12,16,22H,7-8,13-15H2,1-2H3,(H2,29,30);9-10,12-13,16,20,24H,4-8,14-15H2,1-3H3,(H2,28,29);11-14,16,20H,4-10,15H2,1-3H3,(H2,26,27). The lowest BCUT2D eigenvalue weighted by molar-refractivity contribution is 0.150. The molecule has 0 aliphatic carbocycles. The zero-order chi connectivity index (χ0) is 74.8. The molecular formula is C78H93FN22O5S. The van der Waals surface area contributed by atoms with Gasteiger partial charge in [0.1, 0.15) is 5.82 Å². The van der Waals surface area contributed by atoms with E-state index in [0.29, 0.717) is 48.9 Å². The molecule has 12 heterocycles. The van der Waals surface area contributed by atoms with Gasteiger partial charge in [0, 0.05) is 101 Å². The van der Waals surface area contributed by atoms with Crippen molar-refractivity contribution in [2.45, 2.75) is 111 Å². The molecule has 6 aliphatic heterocycles. The Hall–Kier alpha value is -10.5. The Bertz CT molecular complexity index is 5030. The predicted molar refractivity (Wildman–Crippen MR) is 409 cm³/mol. The second-order valence-electron chi connectivity index (χ2n) is 28.9. The van der Waals surface area contributed by atoms with Crippen LogP contribution in [-0.2, 0) is 48.9 Å². The number of piperidine rings is 2. The number of fused-ring (bicyclic) bond motifs is 3. The van der Waals surface area contributed by atoms with Gasteiger partial charge in [-0.1, -0.05) is 6.92 Å². The highest BCUT2D eigenvalue weighted by Crippen LogP contribution is 2.38. The number of aryl methyl sites for hydroxylation is 3. The monoisotopic (exact) mass is 1470 g/mol. The molecule has 3 fully saturated rings. The zero-order valence-corrected chi connectivity index (χ0v) is 62.8. The fourth-order valence-electron chi connectivity index (χ4n) is 15.2. The molecular weight excluding hydrogens is 1380 g/mol. The van der Waals surface area contributed by atoms with Gasteiger partial charge in [-0.25, -0.2) is 47.0 Å². The Morgan fingerprint density at radius 2 is 0.944 bits per heavy atom. The third-order valence-corrected chi connectivity index (χ3v) is 23.3. The second-order valence-corrected chi connectivity index (χ2v) is 31.2. The number of likely N-dealkylation sites (N-methyl/N-ethyl adjacent to an activating group) is 3. The van der Waals surface area contributed by atoms with Crippen LogP contribution in [0.3, 0.4) is 0 Å². The summed E-state index contributed by atoms with van der Waals surface area (Å²) in [6.07, 6.45) is 20.9. The van der Waals surface area contributed by atoms with E-state index in [1.54, 1.807) is 66.7 Å². The number of aromatic nitrogens is 12. The van der Waals surface area contributed by atoms with E-state index in [1.165, 1.54) is 62.2 Å². The lowest BCUT2D eigenvalue weighted by Crippen LogP contribution is -2.48. The summed E-state index contributed by atoms with van der Waals surface area (Å²) in [6.45, 7) is 21.5. The van der Waals surface area contributed by atoms with Gasteiger partial charge in [0.25, 0.3) is 17.6 Å². The first-order valence-corrected chi connectivity index (χ1v) is 38.3. The number of halogens is 1. The molecule has 0 spiro atoms. The Morgan fingerprint density at radius 3 is 1.36 bits per heavy atom. The summed E-state index contributed by atoms with van der Waals surface area (Å²) in [7, 11) is 3.27. The van der Waals surface area contributed by atoms with Crippen LogP contribution in [0.4, 0.5) is 27.5 Å². The molecule has 2 atom stereocenters. The fraction of sp³-hybridized carbons (Fsp3) is 0.410. The van der Waals surface area contributed by atoms with Gasteiger partial charge in [0.15, 0.2) is 34.7 Å². The fourth-order valence-corrected chi connectivity index (χ4v) is 16.4. The van der Waals surface area contributed by atoms with Gasteiger partial charge in [-0.3, -0.25) is 14.0 Å². The first kappa shape index (κ1) is 73.4. The maximum atomic E-state index is 13.2. The van der Waals surface area contributed by atoms with Crippen LogP contribution in [0, 0.1) is 43.8 Å². The molecule has 107 heavy (non-hydrogen) atoms. The van der Waals surface area contributed by atoms with Gasteiger partial charge in [0.2, 0.25) is 10.0 Å². The predicted octanol–water partition coefficient (Wildman–Crippen LogP) is 10.6. The van der Waals surface area contributed by atoms with E-state index in [9.17, 15) is 18.1 Å². The van der Waals surface area contributed by atoms with Gasteiger partial charge >= 0.3 is 0 Å². The normalized spacial score (nSPS) is 18.2. The highest BCUT2D eigenvalue weighted by atomic mass is 32.2. The molecule has 3 saturated heterocycles. The molecule has 6 aromatic heterocycles. The first-order chi connectivity index (χ1) is 51.6. The van der Waals surface area contributed by atoms with E-state index >= 15 is 0 Å². The smallest absolute Gasteiger partial charge is 0.263 e. The summed E-state index contributed by atoms with van der Waals surface area (Å²) < 4.78 is 62.6. The summed E-state index contributed by atoms with van der Waals surface area (Å²) >= 11 is 0. The van der Waals surface area contributed by atoms with Gasteiger partial charge in [0.05, 0.1) is 109 Å². The van der Waals surface area contributed by atoms with E-state index in [4.69, 9.17) is 41.4 Å². The van der Waals surface area contributed by atoms with Crippen LogP contribution >= 0.6 is 0 Å². The van der Waals surface area contributed by atoms with Crippen molar-refractivity contribution in [2.24, 2.45) is 5.92 Å². The highest BCUT2D eigenvalue weighted by molar-refractivity contribution is 7.89. The van der Waals surface area contributed by atoms with E-state index in [1.807, 2.05) is 26.4 Å². The zero-order valence-electron chi connectivity index (χ0n) is 62.0. The van der Waals surface area contributed by atoms with Crippen molar-refractivity contribution in [3.8, 4) is 74.7 Å². The summed E-state index contributed by atoms with van der Waals surface area (Å²) in [6, 6.07) is 22.4. The van der Waals surface area contributed by atoms with E-state index < -0.39 is 10.0 Å². The number of nitrogens with two attached hydrogens (primary N) is 3. The minimum absolute atomic E-state index is 0.0199. The number of ether oxygens (including phenoxy) is 3. The number of nitriles is 1. The Labute approximate surface area is 623 Å². The number of benzene rings is 4. The molecule has 10 aromatic rings. The van der Waals surface area contributed by atoms with E-state index in [-0.39, 0.29) is 70.7 Å². The number of hydrogen-bond donors (Lipinski definition) is 3. The molecule has 6 aliphatic rings. The van der Waals surface area contributed by atoms with Crippen LogP contribution in [0.25, 0.3) is 33.8 Å². The van der Waals surface area contributed by atoms with Crippen LogP contribution in [-0.4, -0.2) is 184 Å². The highest BCUT2D eigenvalue weighted by Gasteiger charge is 2.33. The average Bonchev–Trinajstić information content (AvgIpc) is 1.74. The Balaban J connectivity index is 0.000000135. The van der Waals surface area contributed by atoms with Crippen LogP contribution in [0.1, 0.15) is 101 Å². The molecule has 29 heteroatoms. The van der Waals surface area contributed by atoms with Crippen molar-refractivity contribution in [2.75, 3.05) is 114 Å². The van der Waals surface area contributed by atoms with Crippen molar-refractivity contribution >= 4 is 33.2 Å². The topological polar surface area (TPSA) is 314 Å². The Kier molecular flexibility index (Phi) is 21.6. The summed E-state index contributed by atoms with van der Waals surface area (Å²) in [4.78, 5) is 38.6. The van der Waals surface area contributed by atoms with Gasteiger partial charge in [-0.05, 0) is 205 Å². The molecule has 2 unspecified atom stereocenters. The van der Waals surface area contributed by atoms with Crippen molar-refractivity contribution < 1.29 is 27.0 Å². The molecule has 558 valence electrons. The molecule has 27 nitrogen and oxygen atoms in total. The first-order valence-electron chi connectivity index (χ1n) is 36.7. The third-order valence-electron chi connectivity index (χ3n) is 21.4. The van der Waals surface area contributed by atoms with E-state index in [2.05, 4.69) is 151 Å². The van der Waals surface area contributed by atoms with Crippen LogP contribution in [0.15, 0.2) is 116 Å². The van der Waals surface area contributed by atoms with Gasteiger partial charge in [-0.15, -0.1) is 0 Å². The van der Waals surface area contributed by atoms with Crippen molar-refractivity contribution in [1.29, 1.82) is 5.26 Å².